The minimum Gasteiger partial charge on any atom is -0.454 e. The first-order valence-corrected chi connectivity index (χ1v) is 7.51. The maximum Gasteiger partial charge on any atom is 0.231 e. The lowest BCUT2D eigenvalue weighted by Gasteiger charge is -2.24. The maximum absolute atomic E-state index is 5.50. The van der Waals surface area contributed by atoms with Crippen LogP contribution in [0.2, 0.25) is 0 Å². The molecule has 21 heavy (non-hydrogen) atoms. The van der Waals surface area contributed by atoms with Crippen molar-refractivity contribution >= 4 is 0 Å². The van der Waals surface area contributed by atoms with Crippen molar-refractivity contribution in [1.82, 2.24) is 14.7 Å². The zero-order valence-electron chi connectivity index (χ0n) is 11.9. The highest BCUT2D eigenvalue weighted by Crippen LogP contribution is 2.38. The number of nitrogens with zero attached hydrogens (tertiary/aromatic N) is 3. The normalized spacial score (nSPS) is 21.0. The summed E-state index contributed by atoms with van der Waals surface area (Å²) in [6.07, 6.45) is 6.31. The van der Waals surface area contributed by atoms with Gasteiger partial charge in [0.05, 0.1) is 6.54 Å². The van der Waals surface area contributed by atoms with E-state index in [4.69, 9.17) is 9.47 Å². The molecule has 0 N–H and O–H groups in total. The minimum absolute atomic E-state index is 0.340. The molecule has 2 aromatic rings. The van der Waals surface area contributed by atoms with E-state index in [0.29, 0.717) is 12.8 Å². The largest absolute Gasteiger partial charge is 0.454 e. The van der Waals surface area contributed by atoms with Crippen LogP contribution < -0.4 is 9.47 Å². The number of hydrogen-bond acceptors (Lipinski definition) is 4. The fraction of sp³-hybridized carbons (Fsp3) is 0.438. The summed E-state index contributed by atoms with van der Waals surface area (Å²) in [5.41, 5.74) is 1.33. The summed E-state index contributed by atoms with van der Waals surface area (Å²) in [5, 5.41) is 4.28. The molecular formula is C16H19N3O2. The molecule has 0 aliphatic carbocycles. The van der Waals surface area contributed by atoms with E-state index in [-0.39, 0.29) is 0 Å². The smallest absolute Gasteiger partial charge is 0.231 e. The lowest BCUT2D eigenvalue weighted by atomic mass is 10.0. The number of benzene rings is 1. The van der Waals surface area contributed by atoms with Gasteiger partial charge in [0.2, 0.25) is 6.79 Å². The number of aromatic nitrogens is 2. The molecule has 1 aromatic carbocycles. The third-order valence-electron chi connectivity index (χ3n) is 4.32. The molecule has 0 radical (unpaired) electrons. The molecule has 0 unspecified atom stereocenters. The average Bonchev–Trinajstić information content (AvgIpc) is 3.24. The van der Waals surface area contributed by atoms with Gasteiger partial charge < -0.3 is 9.47 Å². The van der Waals surface area contributed by atoms with Crippen molar-refractivity contribution in [2.75, 3.05) is 19.9 Å². The number of rotatable bonds is 4. The molecular weight excluding hydrogens is 266 g/mol. The van der Waals surface area contributed by atoms with Gasteiger partial charge in [-0.1, -0.05) is 6.07 Å². The number of hydrogen-bond donors (Lipinski definition) is 0. The van der Waals surface area contributed by atoms with Crippen LogP contribution in [0.5, 0.6) is 11.5 Å². The van der Waals surface area contributed by atoms with E-state index in [9.17, 15) is 0 Å². The molecule has 5 heteroatoms. The second kappa shape index (κ2) is 5.41. The van der Waals surface area contributed by atoms with E-state index in [0.717, 1.165) is 31.1 Å². The molecule has 0 bridgehead atoms. The van der Waals surface area contributed by atoms with Crippen molar-refractivity contribution in [3.63, 3.8) is 0 Å². The second-order valence-electron chi connectivity index (χ2n) is 5.58. The van der Waals surface area contributed by atoms with Gasteiger partial charge in [0, 0.05) is 25.0 Å². The quantitative estimate of drug-likeness (QED) is 0.865. The molecule has 2 aliphatic rings. The fourth-order valence-electron chi connectivity index (χ4n) is 3.26. The van der Waals surface area contributed by atoms with E-state index in [1.54, 1.807) is 0 Å². The molecule has 0 spiro atoms. The third kappa shape index (κ3) is 2.49. The van der Waals surface area contributed by atoms with Gasteiger partial charge in [0.25, 0.3) is 0 Å². The van der Waals surface area contributed by atoms with Gasteiger partial charge in [-0.05, 0) is 43.1 Å². The Hall–Kier alpha value is -2.01. The number of fused-ring (bicyclic) bond motifs is 1. The Balaban J connectivity index is 1.48. The van der Waals surface area contributed by atoms with Crippen LogP contribution in [0.1, 0.15) is 24.4 Å². The van der Waals surface area contributed by atoms with Crippen molar-refractivity contribution in [1.29, 1.82) is 0 Å². The predicted octanol–water partition coefficient (Wildman–Crippen LogP) is 2.45. The van der Waals surface area contributed by atoms with E-state index in [1.165, 1.54) is 18.4 Å². The Kier molecular flexibility index (Phi) is 3.27. The van der Waals surface area contributed by atoms with Gasteiger partial charge in [0.15, 0.2) is 11.5 Å². The van der Waals surface area contributed by atoms with E-state index >= 15 is 0 Å². The molecule has 2 aliphatic heterocycles. The van der Waals surface area contributed by atoms with Crippen LogP contribution in [0, 0.1) is 0 Å². The van der Waals surface area contributed by atoms with E-state index in [1.807, 2.05) is 29.2 Å². The molecule has 0 saturated carbocycles. The van der Waals surface area contributed by atoms with Gasteiger partial charge in [-0.3, -0.25) is 9.58 Å². The number of likely N-dealkylation sites (tertiary alicyclic amines) is 1. The van der Waals surface area contributed by atoms with Crippen molar-refractivity contribution in [3.05, 3.63) is 42.2 Å². The number of ether oxygens (including phenoxy) is 2. The fourth-order valence-corrected chi connectivity index (χ4v) is 3.26. The molecule has 1 aromatic heterocycles. The first-order chi connectivity index (χ1) is 10.4. The first-order valence-electron chi connectivity index (χ1n) is 7.51. The molecule has 0 amide bonds. The molecule has 1 atom stereocenters. The summed E-state index contributed by atoms with van der Waals surface area (Å²) >= 11 is 0. The minimum atomic E-state index is 0.340. The highest BCUT2D eigenvalue weighted by Gasteiger charge is 2.27. The molecule has 5 nitrogen and oxygen atoms in total. The van der Waals surface area contributed by atoms with Gasteiger partial charge in [0.1, 0.15) is 0 Å². The summed E-state index contributed by atoms with van der Waals surface area (Å²) in [5.74, 6) is 1.74. The van der Waals surface area contributed by atoms with Crippen LogP contribution in [-0.4, -0.2) is 34.6 Å². The van der Waals surface area contributed by atoms with Gasteiger partial charge in [-0.15, -0.1) is 0 Å². The van der Waals surface area contributed by atoms with Gasteiger partial charge in [-0.2, -0.15) is 5.10 Å². The predicted molar refractivity (Wildman–Crippen MR) is 78.3 cm³/mol. The Morgan fingerprint density at radius 3 is 3.05 bits per heavy atom. The Morgan fingerprint density at radius 2 is 2.14 bits per heavy atom. The van der Waals surface area contributed by atoms with Gasteiger partial charge >= 0.3 is 0 Å². The average molecular weight is 285 g/mol. The SMILES string of the molecule is c1cnn(CCN2CCC[C@@H]2c2ccc3c(c2)OCO3)c1. The van der Waals surface area contributed by atoms with Crippen molar-refractivity contribution in [3.8, 4) is 11.5 Å². The maximum atomic E-state index is 5.50. The summed E-state index contributed by atoms with van der Waals surface area (Å²) in [6, 6.07) is 8.79. The molecule has 1 fully saturated rings. The van der Waals surface area contributed by atoms with E-state index in [2.05, 4.69) is 22.1 Å². The molecule has 4 rings (SSSR count). The zero-order valence-corrected chi connectivity index (χ0v) is 11.9. The lowest BCUT2D eigenvalue weighted by molar-refractivity contribution is 0.173. The highest BCUT2D eigenvalue weighted by atomic mass is 16.7. The Labute approximate surface area is 124 Å². The van der Waals surface area contributed by atoms with Crippen LogP contribution in [-0.2, 0) is 6.54 Å². The highest BCUT2D eigenvalue weighted by molar-refractivity contribution is 5.45. The topological polar surface area (TPSA) is 39.5 Å². The lowest BCUT2D eigenvalue weighted by Crippen LogP contribution is -2.27. The van der Waals surface area contributed by atoms with Crippen molar-refractivity contribution in [2.45, 2.75) is 25.4 Å². The summed E-state index contributed by atoms with van der Waals surface area (Å²) in [4.78, 5) is 2.54. The van der Waals surface area contributed by atoms with Gasteiger partial charge in [-0.25, -0.2) is 0 Å². The molecule has 3 heterocycles. The Morgan fingerprint density at radius 1 is 1.19 bits per heavy atom. The van der Waals surface area contributed by atoms with Crippen LogP contribution >= 0.6 is 0 Å². The first kappa shape index (κ1) is 12.7. The van der Waals surface area contributed by atoms with Crippen LogP contribution in [0.15, 0.2) is 36.7 Å². The standard InChI is InChI=1S/C16H19N3O2/c1-3-14(13-4-5-15-16(11-13)21-12-20-15)18(7-1)9-10-19-8-2-6-17-19/h2,4-6,8,11,14H,1,3,7,9-10,12H2/t14-/m1/s1. The second-order valence-corrected chi connectivity index (χ2v) is 5.58. The summed E-state index contributed by atoms with van der Waals surface area (Å²) in [6.45, 7) is 3.46. The van der Waals surface area contributed by atoms with Crippen LogP contribution in [0.4, 0.5) is 0 Å². The summed E-state index contributed by atoms with van der Waals surface area (Å²) in [7, 11) is 0. The molecule has 1 saturated heterocycles. The van der Waals surface area contributed by atoms with Crippen LogP contribution in [0.3, 0.4) is 0 Å². The Bertz CT molecular complexity index is 612. The summed E-state index contributed by atoms with van der Waals surface area (Å²) < 4.78 is 12.9. The molecule has 110 valence electrons. The third-order valence-corrected chi connectivity index (χ3v) is 4.32. The van der Waals surface area contributed by atoms with E-state index < -0.39 is 0 Å². The zero-order chi connectivity index (χ0) is 14.1. The monoisotopic (exact) mass is 285 g/mol. The van der Waals surface area contributed by atoms with Crippen LogP contribution in [0.25, 0.3) is 0 Å². The van der Waals surface area contributed by atoms with Crippen molar-refractivity contribution < 1.29 is 9.47 Å². The van der Waals surface area contributed by atoms with Crippen molar-refractivity contribution in [2.24, 2.45) is 0 Å².